The Labute approximate surface area is 98.3 Å². The second-order valence-corrected chi connectivity index (χ2v) is 3.31. The Kier molecular flexibility index (Phi) is 4.16. The number of hydrogen-bond acceptors (Lipinski definition) is 3. The predicted octanol–water partition coefficient (Wildman–Crippen LogP) is 1.16. The Hall–Kier alpha value is -2.43. The van der Waals surface area contributed by atoms with Gasteiger partial charge in [0.05, 0.1) is 11.1 Å². The summed E-state index contributed by atoms with van der Waals surface area (Å²) in [5.74, 6) is -1.68. The zero-order valence-corrected chi connectivity index (χ0v) is 9.06. The summed E-state index contributed by atoms with van der Waals surface area (Å²) < 4.78 is 0. The van der Waals surface area contributed by atoms with Crippen molar-refractivity contribution < 1.29 is 14.7 Å². The number of hydrogen-bond donors (Lipinski definition) is 3. The lowest BCUT2D eigenvalue weighted by Crippen LogP contribution is -2.26. The molecule has 0 spiro atoms. The van der Waals surface area contributed by atoms with E-state index in [1.54, 1.807) is 18.2 Å². The average molecular weight is 232 g/mol. The van der Waals surface area contributed by atoms with E-state index < -0.39 is 11.9 Å². The quantitative estimate of drug-likeness (QED) is 0.502. The fourth-order valence-electron chi connectivity index (χ4n) is 1.23. The molecule has 0 aromatic carbocycles. The molecule has 1 aliphatic carbocycles. The summed E-state index contributed by atoms with van der Waals surface area (Å²) in [6.45, 7) is 3.37. The van der Waals surface area contributed by atoms with Gasteiger partial charge in [0.2, 0.25) is 0 Å². The van der Waals surface area contributed by atoms with Crippen LogP contribution < -0.4 is 5.32 Å². The van der Waals surface area contributed by atoms with E-state index in [0.29, 0.717) is 6.42 Å². The molecule has 88 valence electrons. The lowest BCUT2D eigenvalue weighted by atomic mass is 10.1. The summed E-state index contributed by atoms with van der Waals surface area (Å²) in [6, 6.07) is 0. The highest BCUT2D eigenvalue weighted by molar-refractivity contribution is 6.11. The number of rotatable bonds is 4. The maximum Gasteiger partial charge on any atom is 0.337 e. The minimum atomic E-state index is -1.11. The molecule has 1 rings (SSSR count). The van der Waals surface area contributed by atoms with Crippen LogP contribution in [0.4, 0.5) is 0 Å². The van der Waals surface area contributed by atoms with E-state index in [-0.39, 0.29) is 16.8 Å². The standard InChI is InChI=1S/C12H12N2O3/c1-8(7-13)11(15)14-10-6-4-2-3-5-9(10)12(16)17/h2-5,7,13H,1,6H2,(H,14,15)(H,16,17). The van der Waals surface area contributed by atoms with Crippen molar-refractivity contribution in [1.29, 1.82) is 5.41 Å². The van der Waals surface area contributed by atoms with Crippen molar-refractivity contribution in [2.45, 2.75) is 6.42 Å². The van der Waals surface area contributed by atoms with Crippen molar-refractivity contribution in [2.24, 2.45) is 0 Å². The molecule has 0 saturated heterocycles. The fourth-order valence-corrected chi connectivity index (χ4v) is 1.23. The number of carbonyl (C=O) groups is 2. The molecule has 1 aliphatic rings. The van der Waals surface area contributed by atoms with Crippen LogP contribution in [0.3, 0.4) is 0 Å². The topological polar surface area (TPSA) is 90.3 Å². The van der Waals surface area contributed by atoms with Crippen LogP contribution in [0.2, 0.25) is 0 Å². The maximum atomic E-state index is 11.5. The van der Waals surface area contributed by atoms with E-state index in [2.05, 4.69) is 11.9 Å². The van der Waals surface area contributed by atoms with Crippen molar-refractivity contribution in [3.63, 3.8) is 0 Å². The summed E-state index contributed by atoms with van der Waals surface area (Å²) in [5.41, 5.74) is 0.288. The number of carbonyl (C=O) groups excluding carboxylic acids is 1. The molecule has 0 heterocycles. The van der Waals surface area contributed by atoms with Gasteiger partial charge in [0.1, 0.15) is 0 Å². The third-order valence-electron chi connectivity index (χ3n) is 2.12. The van der Waals surface area contributed by atoms with Crippen LogP contribution in [-0.2, 0) is 9.59 Å². The lowest BCUT2D eigenvalue weighted by molar-refractivity contribution is -0.132. The molecule has 5 nitrogen and oxygen atoms in total. The highest BCUT2D eigenvalue weighted by atomic mass is 16.4. The molecule has 0 bridgehead atoms. The molecule has 0 fully saturated rings. The molecule has 0 saturated carbocycles. The molecule has 0 aliphatic heterocycles. The Morgan fingerprint density at radius 3 is 2.76 bits per heavy atom. The summed E-state index contributed by atoms with van der Waals surface area (Å²) in [7, 11) is 0. The van der Waals surface area contributed by atoms with Gasteiger partial charge in [0, 0.05) is 18.3 Å². The first-order valence-electron chi connectivity index (χ1n) is 4.86. The van der Waals surface area contributed by atoms with Gasteiger partial charge in [-0.25, -0.2) is 4.79 Å². The first kappa shape index (κ1) is 12.6. The number of aliphatic carboxylic acids is 1. The number of carboxylic acids is 1. The molecular formula is C12H12N2O3. The van der Waals surface area contributed by atoms with Crippen molar-refractivity contribution >= 4 is 18.1 Å². The van der Waals surface area contributed by atoms with E-state index in [1.807, 2.05) is 0 Å². The van der Waals surface area contributed by atoms with E-state index in [4.69, 9.17) is 10.5 Å². The van der Waals surface area contributed by atoms with Gasteiger partial charge < -0.3 is 15.8 Å². The van der Waals surface area contributed by atoms with Crippen molar-refractivity contribution in [3.05, 3.63) is 47.7 Å². The van der Waals surface area contributed by atoms with Crippen LogP contribution in [0, 0.1) is 5.41 Å². The number of amides is 1. The third-order valence-corrected chi connectivity index (χ3v) is 2.12. The second-order valence-electron chi connectivity index (χ2n) is 3.31. The van der Waals surface area contributed by atoms with Crippen molar-refractivity contribution in [2.75, 3.05) is 0 Å². The van der Waals surface area contributed by atoms with Crippen LogP contribution in [0.5, 0.6) is 0 Å². The van der Waals surface area contributed by atoms with Crippen molar-refractivity contribution in [3.8, 4) is 0 Å². The van der Waals surface area contributed by atoms with Gasteiger partial charge >= 0.3 is 5.97 Å². The Balaban J connectivity index is 2.99. The molecular weight excluding hydrogens is 220 g/mol. The Morgan fingerprint density at radius 1 is 1.47 bits per heavy atom. The second kappa shape index (κ2) is 5.60. The maximum absolute atomic E-state index is 11.5. The number of allylic oxidation sites excluding steroid dienone is 3. The largest absolute Gasteiger partial charge is 0.478 e. The molecule has 17 heavy (non-hydrogen) atoms. The number of nitrogens with one attached hydrogen (secondary N) is 2. The van der Waals surface area contributed by atoms with Crippen LogP contribution >= 0.6 is 0 Å². The van der Waals surface area contributed by atoms with Gasteiger partial charge in [-0.15, -0.1) is 0 Å². The summed E-state index contributed by atoms with van der Waals surface area (Å²) in [5, 5.41) is 18.3. The van der Waals surface area contributed by atoms with E-state index in [1.165, 1.54) is 6.08 Å². The molecule has 3 N–H and O–H groups in total. The van der Waals surface area contributed by atoms with Gasteiger partial charge in [0.25, 0.3) is 5.91 Å². The number of carboxylic acid groups (broad SMARTS) is 1. The molecule has 0 unspecified atom stereocenters. The molecule has 1 amide bonds. The minimum absolute atomic E-state index is 0.0283. The first-order valence-corrected chi connectivity index (χ1v) is 4.86. The molecule has 0 aromatic rings. The smallest absolute Gasteiger partial charge is 0.337 e. The van der Waals surface area contributed by atoms with Crippen LogP contribution in [0.1, 0.15) is 6.42 Å². The highest BCUT2D eigenvalue weighted by Gasteiger charge is 2.15. The van der Waals surface area contributed by atoms with Crippen molar-refractivity contribution in [1.82, 2.24) is 5.32 Å². The molecule has 0 radical (unpaired) electrons. The van der Waals surface area contributed by atoms with Gasteiger partial charge in [-0.2, -0.15) is 0 Å². The van der Waals surface area contributed by atoms with E-state index >= 15 is 0 Å². The molecule has 0 aromatic heterocycles. The fraction of sp³-hybridized carbons (Fsp3) is 0.0833. The predicted molar refractivity (Wildman–Crippen MR) is 63.6 cm³/mol. The zero-order chi connectivity index (χ0) is 12.8. The van der Waals surface area contributed by atoms with Crippen LogP contribution in [0.25, 0.3) is 0 Å². The average Bonchev–Trinajstić information content (AvgIpc) is 2.53. The van der Waals surface area contributed by atoms with Gasteiger partial charge in [0.15, 0.2) is 0 Å². The van der Waals surface area contributed by atoms with Gasteiger partial charge in [-0.1, -0.05) is 24.8 Å². The monoisotopic (exact) mass is 232 g/mol. The third kappa shape index (κ3) is 3.27. The normalized spacial score (nSPS) is 14.1. The molecule has 0 atom stereocenters. The highest BCUT2D eigenvalue weighted by Crippen LogP contribution is 2.13. The summed E-state index contributed by atoms with van der Waals surface area (Å²) in [6.07, 6.45) is 7.57. The van der Waals surface area contributed by atoms with Crippen LogP contribution in [0.15, 0.2) is 47.7 Å². The SMILES string of the molecule is C=C(C=N)C(=O)NC1=C(C(=O)O)C=CC=CC1. The van der Waals surface area contributed by atoms with Gasteiger partial charge in [-0.3, -0.25) is 4.79 Å². The minimum Gasteiger partial charge on any atom is -0.478 e. The molecule has 5 heteroatoms. The van der Waals surface area contributed by atoms with Gasteiger partial charge in [-0.05, 0) is 6.08 Å². The summed E-state index contributed by atoms with van der Waals surface area (Å²) in [4.78, 5) is 22.5. The van der Waals surface area contributed by atoms with Crippen LogP contribution in [-0.4, -0.2) is 23.2 Å². The first-order chi connectivity index (χ1) is 8.06. The summed E-state index contributed by atoms with van der Waals surface area (Å²) >= 11 is 0. The Morgan fingerprint density at radius 2 is 2.18 bits per heavy atom. The van der Waals surface area contributed by atoms with E-state index in [0.717, 1.165) is 6.21 Å². The lowest BCUT2D eigenvalue weighted by Gasteiger charge is -2.09. The Bertz CT molecular complexity index is 470. The van der Waals surface area contributed by atoms with E-state index in [9.17, 15) is 9.59 Å². The zero-order valence-electron chi connectivity index (χ0n) is 9.06.